The van der Waals surface area contributed by atoms with Crippen molar-refractivity contribution >= 4 is 23.5 Å². The van der Waals surface area contributed by atoms with Crippen LogP contribution in [0.5, 0.6) is 0 Å². The standard InChI is InChI=1S/C19H20FN5O2S/c1-3-15(18(26)21-16-10-11(2)27-24-16)28-19-23-22-17(25(19)12-8-9-12)13-6-4-5-7-14(13)20/h4-7,10,12,15H,3,8-9H2,1-2H3,(H,21,24,26). The monoisotopic (exact) mass is 401 g/mol. The van der Waals surface area contributed by atoms with Crippen molar-refractivity contribution in [3.63, 3.8) is 0 Å². The number of rotatable bonds is 7. The lowest BCUT2D eigenvalue weighted by molar-refractivity contribution is -0.115. The van der Waals surface area contributed by atoms with Crippen LogP contribution in [0.2, 0.25) is 0 Å². The third-order valence-electron chi connectivity index (χ3n) is 4.48. The summed E-state index contributed by atoms with van der Waals surface area (Å²) < 4.78 is 21.2. The first-order valence-electron chi connectivity index (χ1n) is 9.17. The van der Waals surface area contributed by atoms with Gasteiger partial charge < -0.3 is 9.84 Å². The van der Waals surface area contributed by atoms with Crippen molar-refractivity contribution in [2.24, 2.45) is 0 Å². The Hall–Kier alpha value is -2.68. The fraction of sp³-hybridized carbons (Fsp3) is 0.368. The molecule has 28 heavy (non-hydrogen) atoms. The first-order chi connectivity index (χ1) is 13.6. The number of carbonyl (C=O) groups excluding carboxylic acids is 1. The van der Waals surface area contributed by atoms with Crippen molar-refractivity contribution in [2.45, 2.75) is 49.6 Å². The van der Waals surface area contributed by atoms with Gasteiger partial charge in [-0.2, -0.15) is 0 Å². The lowest BCUT2D eigenvalue weighted by Crippen LogP contribution is -2.25. The highest BCUT2D eigenvalue weighted by molar-refractivity contribution is 8.00. The molecule has 1 saturated carbocycles. The van der Waals surface area contributed by atoms with E-state index < -0.39 is 0 Å². The van der Waals surface area contributed by atoms with Gasteiger partial charge in [0.25, 0.3) is 0 Å². The number of nitrogens with one attached hydrogen (secondary N) is 1. The fourth-order valence-corrected chi connectivity index (χ4v) is 3.95. The molecule has 2 aromatic heterocycles. The summed E-state index contributed by atoms with van der Waals surface area (Å²) in [6.07, 6.45) is 2.59. The number of nitrogens with zero attached hydrogens (tertiary/aromatic N) is 4. The van der Waals surface area contributed by atoms with Crippen LogP contribution in [0.1, 0.15) is 38.0 Å². The van der Waals surface area contributed by atoms with Crippen molar-refractivity contribution in [1.29, 1.82) is 0 Å². The van der Waals surface area contributed by atoms with Gasteiger partial charge in [-0.05, 0) is 38.3 Å². The van der Waals surface area contributed by atoms with Gasteiger partial charge in [0.05, 0.1) is 10.8 Å². The van der Waals surface area contributed by atoms with Crippen molar-refractivity contribution in [3.05, 3.63) is 41.9 Å². The molecule has 1 unspecified atom stereocenters. The second kappa shape index (κ2) is 7.75. The molecule has 0 bridgehead atoms. The quantitative estimate of drug-likeness (QED) is 0.597. The van der Waals surface area contributed by atoms with Crippen LogP contribution in [0.25, 0.3) is 11.4 Å². The summed E-state index contributed by atoms with van der Waals surface area (Å²) >= 11 is 1.34. The predicted octanol–water partition coefficient (Wildman–Crippen LogP) is 4.22. The van der Waals surface area contributed by atoms with E-state index in [9.17, 15) is 9.18 Å². The first kappa shape index (κ1) is 18.7. The first-order valence-corrected chi connectivity index (χ1v) is 10.1. The van der Waals surface area contributed by atoms with Crippen LogP contribution in [0.3, 0.4) is 0 Å². The summed E-state index contributed by atoms with van der Waals surface area (Å²) in [6.45, 7) is 3.69. The highest BCUT2D eigenvalue weighted by Gasteiger charge is 2.32. The van der Waals surface area contributed by atoms with Gasteiger partial charge in [-0.15, -0.1) is 10.2 Å². The molecular formula is C19H20FN5O2S. The van der Waals surface area contributed by atoms with E-state index in [4.69, 9.17) is 4.52 Å². The average Bonchev–Trinajstić information content (AvgIpc) is 3.31. The minimum Gasteiger partial charge on any atom is -0.360 e. The van der Waals surface area contributed by atoms with E-state index in [0.717, 1.165) is 12.8 Å². The molecule has 0 radical (unpaired) electrons. The van der Waals surface area contributed by atoms with Gasteiger partial charge >= 0.3 is 0 Å². The smallest absolute Gasteiger partial charge is 0.239 e. The van der Waals surface area contributed by atoms with Gasteiger partial charge in [0.2, 0.25) is 5.91 Å². The Balaban J connectivity index is 1.58. The zero-order valence-electron chi connectivity index (χ0n) is 15.6. The van der Waals surface area contributed by atoms with Crippen molar-refractivity contribution in [3.8, 4) is 11.4 Å². The Morgan fingerprint density at radius 2 is 2.18 bits per heavy atom. The average molecular weight is 401 g/mol. The molecule has 0 saturated heterocycles. The summed E-state index contributed by atoms with van der Waals surface area (Å²) in [5, 5.41) is 15.3. The van der Waals surface area contributed by atoms with E-state index in [1.165, 1.54) is 17.8 Å². The molecule has 146 valence electrons. The van der Waals surface area contributed by atoms with Crippen LogP contribution >= 0.6 is 11.8 Å². The molecule has 0 spiro atoms. The minimum atomic E-state index is -0.382. The number of hydrogen-bond acceptors (Lipinski definition) is 6. The molecule has 4 rings (SSSR count). The summed E-state index contributed by atoms with van der Waals surface area (Å²) in [6, 6.07) is 8.44. The van der Waals surface area contributed by atoms with E-state index in [0.29, 0.717) is 34.5 Å². The highest BCUT2D eigenvalue weighted by atomic mass is 32.2. The van der Waals surface area contributed by atoms with Crippen LogP contribution in [0, 0.1) is 12.7 Å². The van der Waals surface area contributed by atoms with Crippen molar-refractivity contribution in [2.75, 3.05) is 5.32 Å². The number of carbonyl (C=O) groups is 1. The maximum atomic E-state index is 14.3. The van der Waals surface area contributed by atoms with Gasteiger partial charge in [-0.25, -0.2) is 4.39 Å². The zero-order chi connectivity index (χ0) is 19.7. The van der Waals surface area contributed by atoms with Crippen LogP contribution in [0.15, 0.2) is 40.0 Å². The molecule has 2 heterocycles. The van der Waals surface area contributed by atoms with Gasteiger partial charge in [-0.3, -0.25) is 9.36 Å². The van der Waals surface area contributed by atoms with Gasteiger partial charge in [0, 0.05) is 12.1 Å². The number of hydrogen-bond donors (Lipinski definition) is 1. The summed E-state index contributed by atoms with van der Waals surface area (Å²) in [4.78, 5) is 12.7. The van der Waals surface area contributed by atoms with Crippen LogP contribution in [-0.2, 0) is 4.79 Å². The molecule has 1 fully saturated rings. The lowest BCUT2D eigenvalue weighted by atomic mass is 10.2. The fourth-order valence-electron chi connectivity index (χ4n) is 2.93. The minimum absolute atomic E-state index is 0.182. The normalized spacial score (nSPS) is 14.8. The summed E-state index contributed by atoms with van der Waals surface area (Å²) in [5.41, 5.74) is 0.421. The largest absolute Gasteiger partial charge is 0.360 e. The molecule has 1 aliphatic carbocycles. The van der Waals surface area contributed by atoms with Gasteiger partial charge in [0.1, 0.15) is 11.6 Å². The SMILES string of the molecule is CCC(Sc1nnc(-c2ccccc2F)n1C1CC1)C(=O)Nc1cc(C)on1. The molecule has 3 aromatic rings. The molecule has 9 heteroatoms. The molecule has 1 aliphatic rings. The number of benzene rings is 1. The molecule has 1 atom stereocenters. The topological polar surface area (TPSA) is 85.8 Å². The van der Waals surface area contributed by atoms with Gasteiger partial charge in [0.15, 0.2) is 16.8 Å². The molecule has 7 nitrogen and oxygen atoms in total. The van der Waals surface area contributed by atoms with Gasteiger partial charge in [-0.1, -0.05) is 36.0 Å². The summed E-state index contributed by atoms with van der Waals surface area (Å²) in [7, 11) is 0. The van der Waals surface area contributed by atoms with Crippen molar-refractivity contribution in [1.82, 2.24) is 19.9 Å². The maximum Gasteiger partial charge on any atom is 0.239 e. The second-order valence-corrected chi connectivity index (χ2v) is 7.88. The Bertz CT molecular complexity index is 998. The molecule has 1 aromatic carbocycles. The number of aromatic nitrogens is 4. The summed E-state index contributed by atoms with van der Waals surface area (Å²) in [5.74, 6) is 1.000. The predicted molar refractivity (Wildman–Crippen MR) is 103 cm³/mol. The van der Waals surface area contributed by atoms with Crippen LogP contribution in [0.4, 0.5) is 10.2 Å². The molecular weight excluding hydrogens is 381 g/mol. The Morgan fingerprint density at radius 1 is 1.39 bits per heavy atom. The number of anilines is 1. The lowest BCUT2D eigenvalue weighted by Gasteiger charge is -2.14. The maximum absolute atomic E-state index is 14.3. The molecule has 1 N–H and O–H groups in total. The number of aryl methyl sites for hydroxylation is 1. The number of thioether (sulfide) groups is 1. The Kier molecular flexibility index (Phi) is 5.17. The van der Waals surface area contributed by atoms with Crippen LogP contribution < -0.4 is 5.32 Å². The third-order valence-corrected chi connectivity index (χ3v) is 5.80. The Morgan fingerprint density at radius 3 is 2.82 bits per heavy atom. The van der Waals surface area contributed by atoms with Crippen molar-refractivity contribution < 1.29 is 13.7 Å². The number of halogens is 1. The highest BCUT2D eigenvalue weighted by Crippen LogP contribution is 2.42. The van der Waals surface area contributed by atoms with Crippen LogP contribution in [-0.4, -0.2) is 31.1 Å². The van der Waals surface area contributed by atoms with E-state index in [1.54, 1.807) is 31.2 Å². The van der Waals surface area contributed by atoms with E-state index in [-0.39, 0.29) is 23.0 Å². The molecule has 1 amide bonds. The second-order valence-electron chi connectivity index (χ2n) is 6.71. The van der Waals surface area contributed by atoms with E-state index in [2.05, 4.69) is 20.7 Å². The zero-order valence-corrected chi connectivity index (χ0v) is 16.4. The van der Waals surface area contributed by atoms with E-state index in [1.807, 2.05) is 11.5 Å². The Labute approximate surface area is 165 Å². The number of amides is 1. The molecule has 0 aliphatic heterocycles. The third kappa shape index (κ3) is 3.80. The van der Waals surface area contributed by atoms with E-state index >= 15 is 0 Å².